The van der Waals surface area contributed by atoms with E-state index in [1.54, 1.807) is 13.8 Å². The zero-order chi connectivity index (χ0) is 30.3. The van der Waals surface area contributed by atoms with Crippen LogP contribution in [0.3, 0.4) is 0 Å². The van der Waals surface area contributed by atoms with Crippen LogP contribution in [0.2, 0.25) is 0 Å². The molecule has 0 spiro atoms. The maximum Gasteiger partial charge on any atom is 0.336 e. The highest BCUT2D eigenvalue weighted by Crippen LogP contribution is 2.46. The first kappa shape index (κ1) is 28.4. The van der Waals surface area contributed by atoms with Crippen molar-refractivity contribution < 1.29 is 28.3 Å². The van der Waals surface area contributed by atoms with Crippen LogP contribution in [0.5, 0.6) is 0 Å². The van der Waals surface area contributed by atoms with E-state index in [9.17, 15) is 14.7 Å². The topological polar surface area (TPSA) is 115 Å². The number of carboxylic acid groups (broad SMARTS) is 1. The first-order valence-electron chi connectivity index (χ1n) is 14.4. The summed E-state index contributed by atoms with van der Waals surface area (Å²) in [6.45, 7) is 7.65. The average Bonchev–Trinajstić information content (AvgIpc) is 3.53. The van der Waals surface area contributed by atoms with E-state index in [0.717, 1.165) is 27.6 Å². The number of aliphatic carboxylic acids is 1. The molecule has 2 unspecified atom stereocenters. The second-order valence-corrected chi connectivity index (χ2v) is 11.4. The molecule has 1 aliphatic rings. The molecule has 2 heterocycles. The first-order chi connectivity index (χ1) is 20.6. The lowest BCUT2D eigenvalue weighted by Gasteiger charge is -2.22. The van der Waals surface area contributed by atoms with Crippen LogP contribution in [0.1, 0.15) is 75.9 Å². The summed E-state index contributed by atoms with van der Waals surface area (Å²) in [5, 5.41) is 13.8. The van der Waals surface area contributed by atoms with Crippen molar-refractivity contribution in [3.63, 3.8) is 0 Å². The lowest BCUT2D eigenvalue weighted by Crippen LogP contribution is -2.31. The fraction of sp³-hybridized carbons (Fsp3) is 0.286. The smallest absolute Gasteiger partial charge is 0.336 e. The zero-order valence-corrected chi connectivity index (χ0v) is 24.6. The van der Waals surface area contributed by atoms with Crippen molar-refractivity contribution in [2.45, 2.75) is 64.7 Å². The van der Waals surface area contributed by atoms with Crippen molar-refractivity contribution in [1.82, 2.24) is 10.3 Å². The second-order valence-electron chi connectivity index (χ2n) is 11.4. The number of hydrogen-bond acceptors (Lipinski definition) is 6. The number of oxazole rings is 1. The number of furan rings is 1. The van der Waals surface area contributed by atoms with Crippen molar-refractivity contribution in [2.75, 3.05) is 0 Å². The van der Waals surface area contributed by atoms with E-state index in [-0.39, 0.29) is 18.4 Å². The molecule has 1 saturated carbocycles. The first-order valence-corrected chi connectivity index (χ1v) is 14.4. The highest BCUT2D eigenvalue weighted by molar-refractivity contribution is 5.84. The summed E-state index contributed by atoms with van der Waals surface area (Å²) in [6, 6.07) is 23.4. The maximum atomic E-state index is 13.4. The molecular formula is C35H34N2O6. The van der Waals surface area contributed by atoms with Crippen LogP contribution >= 0.6 is 0 Å². The molecular weight excluding hydrogens is 544 g/mol. The summed E-state index contributed by atoms with van der Waals surface area (Å²) in [6.07, 6.45) is 0.128. The molecule has 2 aromatic heterocycles. The fourth-order valence-corrected chi connectivity index (χ4v) is 5.64. The number of carboxylic acids is 1. The zero-order valence-electron chi connectivity index (χ0n) is 24.6. The van der Waals surface area contributed by atoms with E-state index >= 15 is 0 Å². The molecule has 6 rings (SSSR count). The Morgan fingerprint density at radius 3 is 2.40 bits per heavy atom. The Morgan fingerprint density at radius 2 is 1.74 bits per heavy atom. The summed E-state index contributed by atoms with van der Waals surface area (Å²) in [5.74, 6) is 0.179. The van der Waals surface area contributed by atoms with E-state index in [0.29, 0.717) is 41.5 Å². The van der Waals surface area contributed by atoms with E-state index in [2.05, 4.69) is 42.3 Å². The third-order valence-electron chi connectivity index (χ3n) is 8.01. The summed E-state index contributed by atoms with van der Waals surface area (Å²) in [7, 11) is 0. The summed E-state index contributed by atoms with van der Waals surface area (Å²) >= 11 is 0. The minimum Gasteiger partial charge on any atom is -0.479 e. The van der Waals surface area contributed by atoms with Gasteiger partial charge in [-0.3, -0.25) is 4.79 Å². The number of rotatable bonds is 10. The molecule has 0 aliphatic heterocycles. The number of nitrogens with one attached hydrogen (secondary N) is 1. The largest absolute Gasteiger partial charge is 0.479 e. The summed E-state index contributed by atoms with van der Waals surface area (Å²) in [5.41, 5.74) is 5.10. The lowest BCUT2D eigenvalue weighted by molar-refractivity contribution is -0.158. The number of carbonyl (C=O) groups excluding carboxylic acids is 1. The number of hydrogen-bond donors (Lipinski definition) is 2. The number of amides is 1. The van der Waals surface area contributed by atoms with Gasteiger partial charge in [-0.15, -0.1) is 0 Å². The van der Waals surface area contributed by atoms with Gasteiger partial charge in [0.05, 0.1) is 18.2 Å². The molecule has 1 aliphatic carbocycles. The predicted molar refractivity (Wildman–Crippen MR) is 161 cm³/mol. The van der Waals surface area contributed by atoms with E-state index in [4.69, 9.17) is 13.6 Å². The monoisotopic (exact) mass is 578 g/mol. The number of benzene rings is 3. The van der Waals surface area contributed by atoms with Crippen LogP contribution < -0.4 is 5.32 Å². The Hall–Kier alpha value is -4.69. The number of ether oxygens (including phenoxy) is 1. The van der Waals surface area contributed by atoms with Crippen molar-refractivity contribution in [2.24, 2.45) is 0 Å². The number of fused-ring (bicyclic) bond motifs is 1. The molecule has 1 amide bonds. The molecule has 8 nitrogen and oxygen atoms in total. The van der Waals surface area contributed by atoms with E-state index in [1.165, 1.54) is 5.56 Å². The minimum absolute atomic E-state index is 0.108. The lowest BCUT2D eigenvalue weighted by atomic mass is 9.93. The SMILES string of the molecule is Cc1ccc(C(NC(=O)Cc2ccc3oc(C(OC4(C(=O)O)CC4)c4oc(C)nc4C)cc3c2)c2ccccc2)c(C)c1. The number of carbonyl (C=O) groups is 2. The van der Waals surface area contributed by atoms with Crippen LogP contribution in [0, 0.1) is 27.7 Å². The Morgan fingerprint density at radius 1 is 0.977 bits per heavy atom. The van der Waals surface area contributed by atoms with Crippen LogP contribution in [-0.2, 0) is 20.7 Å². The van der Waals surface area contributed by atoms with Gasteiger partial charge in [0, 0.05) is 12.3 Å². The van der Waals surface area contributed by atoms with Crippen LogP contribution in [0.15, 0.2) is 81.6 Å². The molecule has 0 saturated heterocycles. The Kier molecular flexibility index (Phi) is 7.40. The summed E-state index contributed by atoms with van der Waals surface area (Å²) in [4.78, 5) is 29.7. The average molecular weight is 579 g/mol. The quantitative estimate of drug-likeness (QED) is 0.187. The molecule has 3 aromatic carbocycles. The standard InChI is InChI=1S/C35H34N2O6/c1-20-10-12-27(21(2)16-20)31(25-8-6-5-7-9-25)37-30(38)18-24-11-13-28-26(17-24)19-29(42-28)33(32-22(3)36-23(4)41-32)43-35(14-15-35)34(39)40/h5-13,16-17,19,31,33H,14-15,18H2,1-4H3,(H,37,38)(H,39,40). The molecule has 43 heavy (non-hydrogen) atoms. The van der Waals surface area contributed by atoms with Gasteiger partial charge in [0.15, 0.2) is 23.4 Å². The third-order valence-corrected chi connectivity index (χ3v) is 8.01. The van der Waals surface area contributed by atoms with Gasteiger partial charge in [0.25, 0.3) is 0 Å². The number of aryl methyl sites for hydroxylation is 4. The van der Waals surface area contributed by atoms with Gasteiger partial charge in [-0.05, 0) is 74.1 Å². The minimum atomic E-state index is -1.27. The van der Waals surface area contributed by atoms with Gasteiger partial charge < -0.3 is 24.0 Å². The highest BCUT2D eigenvalue weighted by atomic mass is 16.6. The summed E-state index contributed by atoms with van der Waals surface area (Å²) < 4.78 is 18.2. The fourth-order valence-electron chi connectivity index (χ4n) is 5.64. The van der Waals surface area contributed by atoms with Crippen molar-refractivity contribution >= 4 is 22.8 Å². The predicted octanol–water partition coefficient (Wildman–Crippen LogP) is 6.83. The molecule has 5 aromatic rings. The Bertz CT molecular complexity index is 1810. The molecule has 0 bridgehead atoms. The van der Waals surface area contributed by atoms with Gasteiger partial charge in [-0.1, -0.05) is 60.2 Å². The molecule has 1 fully saturated rings. The van der Waals surface area contributed by atoms with Crippen molar-refractivity contribution in [1.29, 1.82) is 0 Å². The van der Waals surface area contributed by atoms with Gasteiger partial charge in [0.1, 0.15) is 11.3 Å². The van der Waals surface area contributed by atoms with Crippen molar-refractivity contribution in [3.05, 3.63) is 124 Å². The van der Waals surface area contributed by atoms with Gasteiger partial charge >= 0.3 is 5.97 Å². The highest BCUT2D eigenvalue weighted by Gasteiger charge is 2.54. The Balaban J connectivity index is 1.26. The second kappa shape index (κ2) is 11.2. The molecule has 220 valence electrons. The molecule has 8 heteroatoms. The normalized spacial score (nSPS) is 15.3. The Labute approximate surface area is 249 Å². The number of aromatic nitrogens is 1. The molecule has 0 radical (unpaired) electrons. The molecule has 2 atom stereocenters. The molecule has 2 N–H and O–H groups in total. The number of nitrogens with zero attached hydrogens (tertiary/aromatic N) is 1. The van der Waals surface area contributed by atoms with E-state index < -0.39 is 17.7 Å². The third kappa shape index (κ3) is 5.83. The maximum absolute atomic E-state index is 13.4. The van der Waals surface area contributed by atoms with Crippen LogP contribution in [-0.4, -0.2) is 27.6 Å². The van der Waals surface area contributed by atoms with Gasteiger partial charge in [-0.25, -0.2) is 9.78 Å². The van der Waals surface area contributed by atoms with Gasteiger partial charge in [0.2, 0.25) is 5.91 Å². The van der Waals surface area contributed by atoms with Crippen LogP contribution in [0.4, 0.5) is 0 Å². The van der Waals surface area contributed by atoms with Gasteiger partial charge in [-0.2, -0.15) is 0 Å². The van der Waals surface area contributed by atoms with Crippen LogP contribution in [0.25, 0.3) is 11.0 Å². The van der Waals surface area contributed by atoms with E-state index in [1.807, 2.05) is 54.6 Å². The van der Waals surface area contributed by atoms with Crippen molar-refractivity contribution in [3.8, 4) is 0 Å².